The molecule has 0 aliphatic carbocycles. The molecule has 34 heavy (non-hydrogen) atoms. The molecule has 3 aromatic heterocycles. The Bertz CT molecular complexity index is 1280. The van der Waals surface area contributed by atoms with Crippen LogP contribution in [0.4, 0.5) is 0 Å². The molecule has 0 bridgehead atoms. The van der Waals surface area contributed by atoms with Crippen LogP contribution in [0.3, 0.4) is 0 Å². The highest BCUT2D eigenvalue weighted by atomic mass is 16.1. The van der Waals surface area contributed by atoms with Gasteiger partial charge in [-0.15, -0.1) is 10.2 Å². The van der Waals surface area contributed by atoms with Crippen LogP contribution in [0.2, 0.25) is 0 Å². The molecule has 0 radical (unpaired) electrons. The van der Waals surface area contributed by atoms with Crippen molar-refractivity contribution in [1.29, 1.82) is 0 Å². The van der Waals surface area contributed by atoms with Gasteiger partial charge in [0.05, 0.1) is 12.2 Å². The Labute approximate surface area is 200 Å². The van der Waals surface area contributed by atoms with Crippen molar-refractivity contribution in [1.82, 2.24) is 34.7 Å². The van der Waals surface area contributed by atoms with Crippen molar-refractivity contribution in [2.45, 2.75) is 66.5 Å². The van der Waals surface area contributed by atoms with Crippen molar-refractivity contribution in [3.63, 3.8) is 0 Å². The lowest BCUT2D eigenvalue weighted by Crippen LogP contribution is -2.26. The Hall–Kier alpha value is -3.55. The molecule has 178 valence electrons. The summed E-state index contributed by atoms with van der Waals surface area (Å²) in [4.78, 5) is 18.0. The van der Waals surface area contributed by atoms with Crippen molar-refractivity contribution < 1.29 is 0 Å². The summed E-state index contributed by atoms with van der Waals surface area (Å²) >= 11 is 0. The molecular formula is C26H33N7O. The highest BCUT2D eigenvalue weighted by Crippen LogP contribution is 2.25. The summed E-state index contributed by atoms with van der Waals surface area (Å²) < 4.78 is 3.87. The summed E-state index contributed by atoms with van der Waals surface area (Å²) in [5.74, 6) is 1.11. The quantitative estimate of drug-likeness (QED) is 0.373. The molecule has 4 aromatic rings. The Kier molecular flexibility index (Phi) is 7.35. The van der Waals surface area contributed by atoms with Crippen LogP contribution in [-0.2, 0) is 19.5 Å². The molecule has 0 aliphatic rings. The Morgan fingerprint density at radius 2 is 1.85 bits per heavy atom. The summed E-state index contributed by atoms with van der Waals surface area (Å²) in [7, 11) is 0. The second-order valence-electron chi connectivity index (χ2n) is 9.19. The van der Waals surface area contributed by atoms with E-state index in [2.05, 4.69) is 59.4 Å². The maximum absolute atomic E-state index is 13.4. The molecular weight excluding hydrogens is 426 g/mol. The third kappa shape index (κ3) is 5.16. The van der Waals surface area contributed by atoms with E-state index in [1.807, 2.05) is 45.7 Å². The first-order valence-corrected chi connectivity index (χ1v) is 12.1. The molecule has 0 unspecified atom stereocenters. The fraction of sp³-hybridized carbons (Fsp3) is 0.423. The van der Waals surface area contributed by atoms with E-state index in [1.165, 1.54) is 0 Å². The molecule has 4 rings (SSSR count). The number of hydrogen-bond acceptors (Lipinski definition) is 5. The predicted molar refractivity (Wildman–Crippen MR) is 133 cm³/mol. The van der Waals surface area contributed by atoms with Crippen molar-refractivity contribution >= 4 is 0 Å². The predicted octanol–water partition coefficient (Wildman–Crippen LogP) is 4.64. The van der Waals surface area contributed by atoms with Crippen LogP contribution in [0, 0.1) is 12.8 Å². The molecule has 8 heteroatoms. The summed E-state index contributed by atoms with van der Waals surface area (Å²) in [5, 5.41) is 14.3. The van der Waals surface area contributed by atoms with E-state index >= 15 is 0 Å². The molecule has 8 nitrogen and oxygen atoms in total. The van der Waals surface area contributed by atoms with Gasteiger partial charge in [-0.2, -0.15) is 5.21 Å². The number of hydrogen-bond donors (Lipinski definition) is 1. The van der Waals surface area contributed by atoms with E-state index in [-0.39, 0.29) is 5.69 Å². The van der Waals surface area contributed by atoms with E-state index in [9.17, 15) is 4.79 Å². The monoisotopic (exact) mass is 459 g/mol. The Morgan fingerprint density at radius 3 is 2.59 bits per heavy atom. The number of aromatic amines is 1. The summed E-state index contributed by atoms with van der Waals surface area (Å²) in [5.41, 5.74) is 6.11. The van der Waals surface area contributed by atoms with Crippen molar-refractivity contribution in [2.24, 2.45) is 5.92 Å². The summed E-state index contributed by atoms with van der Waals surface area (Å²) in [6.07, 6.45) is 5.85. The minimum absolute atomic E-state index is 0.0653. The van der Waals surface area contributed by atoms with Gasteiger partial charge in [-0.25, -0.2) is 4.79 Å². The van der Waals surface area contributed by atoms with Crippen LogP contribution in [-0.4, -0.2) is 34.7 Å². The number of imidazole rings is 1. The smallest absolute Gasteiger partial charge is 0.296 e. The molecule has 0 saturated carbocycles. The van der Waals surface area contributed by atoms with Crippen LogP contribution in [0.5, 0.6) is 0 Å². The lowest BCUT2D eigenvalue weighted by molar-refractivity contribution is 0.497. The molecule has 0 saturated heterocycles. The highest BCUT2D eigenvalue weighted by Gasteiger charge is 2.17. The largest absolute Gasteiger partial charge is 0.328 e. The lowest BCUT2D eigenvalue weighted by Gasteiger charge is -2.09. The fourth-order valence-corrected chi connectivity index (χ4v) is 4.26. The number of nitrogens with one attached hydrogen (secondary N) is 1. The fourth-order valence-electron chi connectivity index (χ4n) is 4.26. The van der Waals surface area contributed by atoms with Gasteiger partial charge in [0.25, 0.3) is 0 Å². The van der Waals surface area contributed by atoms with E-state index < -0.39 is 0 Å². The molecule has 1 N–H and O–H groups in total. The van der Waals surface area contributed by atoms with Crippen LogP contribution in [0.1, 0.15) is 57.1 Å². The number of pyridine rings is 1. The van der Waals surface area contributed by atoms with Crippen molar-refractivity contribution in [3.8, 4) is 22.5 Å². The number of H-pyrrole nitrogens is 1. The van der Waals surface area contributed by atoms with E-state index in [0.717, 1.165) is 66.0 Å². The number of tetrazole rings is 1. The third-order valence-corrected chi connectivity index (χ3v) is 6.24. The van der Waals surface area contributed by atoms with Gasteiger partial charge in [-0.05, 0) is 66.6 Å². The average molecular weight is 460 g/mol. The number of nitrogens with zero attached hydrogens (tertiary/aromatic N) is 6. The van der Waals surface area contributed by atoms with Crippen LogP contribution >= 0.6 is 0 Å². The zero-order valence-corrected chi connectivity index (χ0v) is 20.5. The molecule has 0 aliphatic heterocycles. The molecule has 0 amide bonds. The molecule has 0 atom stereocenters. The minimum atomic E-state index is 0.0653. The number of rotatable bonds is 10. The number of unbranched alkanes of at least 4 members (excludes halogenated alkanes) is 1. The SMILES string of the molecule is CCCCc1c(C)n(CCC(C)C)c(=O)n1Cc1cc(-c2cccc(-c3nn[nH]n3)c2)ccn1. The standard InChI is InChI=1S/C26H33N7O/c1-5-6-10-24-19(4)32(14-12-18(2)3)26(34)33(24)17-23-16-21(11-13-27-23)20-8-7-9-22(15-20)25-28-30-31-29-25/h7-9,11,13,15-16,18H,5-6,10,12,14,17H2,1-4H3,(H,28,29,30,31). The van der Waals surface area contributed by atoms with Gasteiger partial charge >= 0.3 is 5.69 Å². The van der Waals surface area contributed by atoms with Crippen LogP contribution in [0.15, 0.2) is 47.4 Å². The van der Waals surface area contributed by atoms with Gasteiger partial charge in [0.1, 0.15) is 0 Å². The first-order valence-electron chi connectivity index (χ1n) is 12.1. The maximum Gasteiger partial charge on any atom is 0.328 e. The summed E-state index contributed by atoms with van der Waals surface area (Å²) in [6, 6.07) is 12.1. The van der Waals surface area contributed by atoms with E-state index in [4.69, 9.17) is 0 Å². The van der Waals surface area contributed by atoms with Gasteiger partial charge < -0.3 is 0 Å². The minimum Gasteiger partial charge on any atom is -0.296 e. The first-order chi connectivity index (χ1) is 16.5. The maximum atomic E-state index is 13.4. The van der Waals surface area contributed by atoms with Crippen LogP contribution in [0.25, 0.3) is 22.5 Å². The Morgan fingerprint density at radius 1 is 1.06 bits per heavy atom. The zero-order valence-electron chi connectivity index (χ0n) is 20.5. The zero-order chi connectivity index (χ0) is 24.1. The second-order valence-corrected chi connectivity index (χ2v) is 9.19. The average Bonchev–Trinajstić information content (AvgIpc) is 3.45. The molecule has 0 spiro atoms. The van der Waals surface area contributed by atoms with E-state index in [1.54, 1.807) is 0 Å². The normalized spacial score (nSPS) is 11.4. The Balaban J connectivity index is 1.66. The molecule has 1 aromatic carbocycles. The van der Waals surface area contributed by atoms with Gasteiger partial charge in [-0.1, -0.05) is 45.4 Å². The highest BCUT2D eigenvalue weighted by molar-refractivity contribution is 5.70. The van der Waals surface area contributed by atoms with Gasteiger partial charge in [-0.3, -0.25) is 14.1 Å². The van der Waals surface area contributed by atoms with Gasteiger partial charge in [0, 0.05) is 29.7 Å². The number of aromatic nitrogens is 7. The topological polar surface area (TPSA) is 94.3 Å². The summed E-state index contributed by atoms with van der Waals surface area (Å²) in [6.45, 7) is 9.87. The van der Waals surface area contributed by atoms with Crippen molar-refractivity contribution in [2.75, 3.05) is 0 Å². The van der Waals surface area contributed by atoms with Gasteiger partial charge in [0.15, 0.2) is 0 Å². The molecule has 3 heterocycles. The second kappa shape index (κ2) is 10.6. The third-order valence-electron chi connectivity index (χ3n) is 6.24. The van der Waals surface area contributed by atoms with Gasteiger partial charge in [0.2, 0.25) is 5.82 Å². The lowest BCUT2D eigenvalue weighted by atomic mass is 10.0. The van der Waals surface area contributed by atoms with E-state index in [0.29, 0.717) is 18.3 Å². The van der Waals surface area contributed by atoms with Crippen molar-refractivity contribution in [3.05, 3.63) is 70.2 Å². The van der Waals surface area contributed by atoms with Crippen LogP contribution < -0.4 is 5.69 Å². The molecule has 0 fully saturated rings. The first kappa shape index (κ1) is 23.6. The number of benzene rings is 1.